The van der Waals surface area contributed by atoms with Gasteiger partial charge in [-0.15, -0.1) is 0 Å². The van der Waals surface area contributed by atoms with Gasteiger partial charge < -0.3 is 15.0 Å². The highest BCUT2D eigenvalue weighted by molar-refractivity contribution is 6.02. The third kappa shape index (κ3) is 5.17. The van der Waals surface area contributed by atoms with E-state index in [-0.39, 0.29) is 0 Å². The Morgan fingerprint density at radius 2 is 2.04 bits per heavy atom. The Bertz CT molecular complexity index is 743. The number of morpholine rings is 1. The van der Waals surface area contributed by atoms with Gasteiger partial charge in [0.15, 0.2) is 5.82 Å². The van der Waals surface area contributed by atoms with Crippen molar-refractivity contribution >= 4 is 17.5 Å². The number of aromatic amines is 1. The van der Waals surface area contributed by atoms with Crippen molar-refractivity contribution < 1.29 is 4.74 Å². The summed E-state index contributed by atoms with van der Waals surface area (Å²) in [4.78, 5) is 14.2. The number of aromatic nitrogens is 2. The van der Waals surface area contributed by atoms with Gasteiger partial charge in [-0.25, -0.2) is 9.98 Å². The number of nitrogens with one attached hydrogen (secondary N) is 2. The minimum atomic E-state index is 0.450. The van der Waals surface area contributed by atoms with Gasteiger partial charge in [-0.1, -0.05) is 0 Å². The summed E-state index contributed by atoms with van der Waals surface area (Å²) in [5.74, 6) is 3.42. The molecule has 0 bridgehead atoms. The minimum absolute atomic E-state index is 0.450. The first kappa shape index (κ1) is 19.6. The van der Waals surface area contributed by atoms with Crippen LogP contribution in [0.15, 0.2) is 27.4 Å². The summed E-state index contributed by atoms with van der Waals surface area (Å²) in [7, 11) is 2.12. The SMILES string of the molecule is CC1=NC(N(C)CC(C)N2CCOCC2)=C(C)CC(=Nc2cc(C)[nH]n2)N1. The monoisotopic (exact) mass is 373 g/mol. The van der Waals surface area contributed by atoms with E-state index in [1.54, 1.807) is 0 Å². The zero-order valence-electron chi connectivity index (χ0n) is 17.0. The predicted octanol–water partition coefficient (Wildman–Crippen LogP) is 2.04. The smallest absolute Gasteiger partial charge is 0.175 e. The predicted molar refractivity (Wildman–Crippen MR) is 108 cm³/mol. The van der Waals surface area contributed by atoms with Crippen LogP contribution < -0.4 is 5.32 Å². The zero-order chi connectivity index (χ0) is 19.4. The number of nitrogens with zero attached hydrogens (tertiary/aromatic N) is 5. The second-order valence-electron chi connectivity index (χ2n) is 7.45. The Labute approximate surface area is 161 Å². The van der Waals surface area contributed by atoms with Crippen molar-refractivity contribution in [3.63, 3.8) is 0 Å². The van der Waals surface area contributed by atoms with E-state index in [9.17, 15) is 0 Å². The van der Waals surface area contributed by atoms with Crippen LogP contribution in [-0.4, -0.2) is 77.6 Å². The highest BCUT2D eigenvalue weighted by Gasteiger charge is 2.21. The van der Waals surface area contributed by atoms with E-state index in [4.69, 9.17) is 9.73 Å². The third-order valence-corrected chi connectivity index (χ3v) is 4.92. The van der Waals surface area contributed by atoms with E-state index in [2.05, 4.69) is 51.2 Å². The molecule has 0 radical (unpaired) electrons. The molecule has 0 amide bonds. The molecule has 2 aliphatic heterocycles. The molecule has 2 N–H and O–H groups in total. The molecule has 0 spiro atoms. The lowest BCUT2D eigenvalue weighted by Gasteiger charge is -2.35. The Morgan fingerprint density at radius 1 is 1.30 bits per heavy atom. The summed E-state index contributed by atoms with van der Waals surface area (Å²) in [5, 5.41) is 10.4. The highest BCUT2D eigenvalue weighted by atomic mass is 16.5. The first-order valence-corrected chi connectivity index (χ1v) is 9.57. The van der Waals surface area contributed by atoms with E-state index in [1.807, 2.05) is 19.9 Å². The van der Waals surface area contributed by atoms with E-state index < -0.39 is 0 Å². The molecular formula is C19H31N7O. The Balaban J connectivity index is 1.72. The van der Waals surface area contributed by atoms with Crippen LogP contribution in [0.5, 0.6) is 0 Å². The standard InChI is InChI=1S/C19H31N7O/c1-13-10-17(22-18-11-14(2)23-24-18)20-16(4)21-19(13)25(5)12-15(3)26-6-8-27-9-7-26/h11,15H,6-10,12H2,1-5H3,(H2,20,21,22,23,24). The van der Waals surface area contributed by atoms with Crippen molar-refractivity contribution in [2.45, 2.75) is 40.2 Å². The Kier molecular flexibility index (Phi) is 6.28. The van der Waals surface area contributed by atoms with Crippen LogP contribution in [-0.2, 0) is 4.74 Å². The number of aryl methyl sites for hydroxylation is 1. The second-order valence-corrected chi connectivity index (χ2v) is 7.45. The quantitative estimate of drug-likeness (QED) is 0.826. The summed E-state index contributed by atoms with van der Waals surface area (Å²) in [5.41, 5.74) is 2.19. The van der Waals surface area contributed by atoms with Crippen molar-refractivity contribution in [2.24, 2.45) is 9.98 Å². The molecule has 1 aromatic rings. The second kappa shape index (κ2) is 8.67. The van der Waals surface area contributed by atoms with E-state index >= 15 is 0 Å². The number of likely N-dealkylation sites (N-methyl/N-ethyl adjacent to an activating group) is 1. The largest absolute Gasteiger partial charge is 0.379 e. The van der Waals surface area contributed by atoms with Gasteiger partial charge in [0.1, 0.15) is 17.5 Å². The van der Waals surface area contributed by atoms with Crippen LogP contribution in [0.25, 0.3) is 0 Å². The molecule has 0 saturated carbocycles. The van der Waals surface area contributed by atoms with Crippen LogP contribution >= 0.6 is 0 Å². The molecule has 0 aliphatic carbocycles. The topological polar surface area (TPSA) is 81.1 Å². The molecule has 148 valence electrons. The number of hydrogen-bond acceptors (Lipinski definition) is 6. The minimum Gasteiger partial charge on any atom is -0.379 e. The molecule has 2 aliphatic rings. The Morgan fingerprint density at radius 3 is 2.70 bits per heavy atom. The molecule has 27 heavy (non-hydrogen) atoms. The molecule has 1 saturated heterocycles. The summed E-state index contributed by atoms with van der Waals surface area (Å²) < 4.78 is 5.47. The van der Waals surface area contributed by atoms with Crippen LogP contribution in [0, 0.1) is 6.92 Å². The van der Waals surface area contributed by atoms with E-state index in [0.717, 1.165) is 62.5 Å². The number of ether oxygens (including phenoxy) is 1. The zero-order valence-corrected chi connectivity index (χ0v) is 17.0. The molecule has 3 rings (SSSR count). The summed E-state index contributed by atoms with van der Waals surface area (Å²) in [6.45, 7) is 12.9. The van der Waals surface area contributed by atoms with Crippen molar-refractivity contribution in [3.8, 4) is 0 Å². The lowest BCUT2D eigenvalue weighted by molar-refractivity contribution is 0.0158. The summed E-state index contributed by atoms with van der Waals surface area (Å²) in [6, 6.07) is 2.38. The average Bonchev–Trinajstić information content (AvgIpc) is 2.98. The molecule has 1 atom stereocenters. The number of H-pyrrole nitrogens is 1. The van der Waals surface area contributed by atoms with Gasteiger partial charge in [-0.3, -0.25) is 10.00 Å². The number of amidine groups is 2. The number of aliphatic imine (C=N–C) groups is 2. The number of rotatable bonds is 5. The summed E-state index contributed by atoms with van der Waals surface area (Å²) >= 11 is 0. The van der Waals surface area contributed by atoms with Crippen molar-refractivity contribution in [2.75, 3.05) is 39.9 Å². The molecule has 1 fully saturated rings. The van der Waals surface area contributed by atoms with Crippen LogP contribution in [0.4, 0.5) is 5.82 Å². The first-order valence-electron chi connectivity index (χ1n) is 9.57. The van der Waals surface area contributed by atoms with Crippen LogP contribution in [0.3, 0.4) is 0 Å². The summed E-state index contributed by atoms with van der Waals surface area (Å²) in [6.07, 6.45) is 0.721. The van der Waals surface area contributed by atoms with Crippen molar-refractivity contribution in [1.29, 1.82) is 0 Å². The van der Waals surface area contributed by atoms with Gasteiger partial charge in [0.05, 0.1) is 13.2 Å². The van der Waals surface area contributed by atoms with Crippen LogP contribution in [0.1, 0.15) is 32.9 Å². The maximum Gasteiger partial charge on any atom is 0.175 e. The fourth-order valence-electron chi connectivity index (χ4n) is 3.56. The Hall–Kier alpha value is -2.19. The van der Waals surface area contributed by atoms with Gasteiger partial charge in [-0.05, 0) is 33.3 Å². The third-order valence-electron chi connectivity index (χ3n) is 4.92. The maximum absolute atomic E-state index is 5.47. The lowest BCUT2D eigenvalue weighted by atomic mass is 10.2. The van der Waals surface area contributed by atoms with E-state index in [1.165, 1.54) is 5.57 Å². The molecule has 1 unspecified atom stereocenters. The van der Waals surface area contributed by atoms with Gasteiger partial charge in [-0.2, -0.15) is 5.10 Å². The van der Waals surface area contributed by atoms with Gasteiger partial charge in [0.2, 0.25) is 0 Å². The lowest BCUT2D eigenvalue weighted by Crippen LogP contribution is -2.46. The first-order chi connectivity index (χ1) is 12.9. The maximum atomic E-state index is 5.47. The van der Waals surface area contributed by atoms with Gasteiger partial charge in [0.25, 0.3) is 0 Å². The fourth-order valence-corrected chi connectivity index (χ4v) is 3.56. The molecule has 1 aromatic heterocycles. The molecule has 8 nitrogen and oxygen atoms in total. The van der Waals surface area contributed by atoms with Crippen molar-refractivity contribution in [3.05, 3.63) is 23.2 Å². The average molecular weight is 374 g/mol. The number of hydrogen-bond donors (Lipinski definition) is 2. The molecule has 8 heteroatoms. The highest BCUT2D eigenvalue weighted by Crippen LogP contribution is 2.20. The molecule has 3 heterocycles. The van der Waals surface area contributed by atoms with Crippen LogP contribution in [0.2, 0.25) is 0 Å². The normalized spacial score (nSPS) is 21.7. The van der Waals surface area contributed by atoms with Gasteiger partial charge >= 0.3 is 0 Å². The fraction of sp³-hybridized carbons (Fsp3) is 0.632. The van der Waals surface area contributed by atoms with E-state index in [0.29, 0.717) is 11.9 Å². The molecular weight excluding hydrogens is 342 g/mol. The van der Waals surface area contributed by atoms with Crippen molar-refractivity contribution in [1.82, 2.24) is 25.3 Å². The van der Waals surface area contributed by atoms with Gasteiger partial charge in [0, 0.05) is 50.9 Å². The molecule has 0 aromatic carbocycles.